The lowest BCUT2D eigenvalue weighted by Gasteiger charge is -2.39. The highest BCUT2D eigenvalue weighted by atomic mass is 32.2. The van der Waals surface area contributed by atoms with Crippen LogP contribution in [0.2, 0.25) is 0 Å². The van der Waals surface area contributed by atoms with E-state index in [1.165, 1.54) is 12.4 Å². The highest BCUT2D eigenvalue weighted by Crippen LogP contribution is 2.42. The summed E-state index contributed by atoms with van der Waals surface area (Å²) in [5.41, 5.74) is 2.96. The summed E-state index contributed by atoms with van der Waals surface area (Å²) in [6.07, 6.45) is 4.95. The van der Waals surface area contributed by atoms with E-state index in [1.807, 2.05) is 6.92 Å². The maximum atomic E-state index is 12.8. The van der Waals surface area contributed by atoms with Gasteiger partial charge in [0.2, 0.25) is 5.91 Å². The van der Waals surface area contributed by atoms with Crippen molar-refractivity contribution in [2.24, 2.45) is 5.41 Å². The van der Waals surface area contributed by atoms with Gasteiger partial charge in [-0.2, -0.15) is 0 Å². The summed E-state index contributed by atoms with van der Waals surface area (Å²) in [7, 11) is -3.45. The van der Waals surface area contributed by atoms with Crippen molar-refractivity contribution in [1.82, 2.24) is 14.9 Å². The molecule has 0 aliphatic carbocycles. The number of piperidine rings is 1. The van der Waals surface area contributed by atoms with Gasteiger partial charge in [-0.05, 0) is 55.5 Å². The molecular weight excluding hydrogens is 472 g/mol. The van der Waals surface area contributed by atoms with Gasteiger partial charge in [-0.1, -0.05) is 6.07 Å². The molecule has 35 heavy (non-hydrogen) atoms. The van der Waals surface area contributed by atoms with E-state index in [0.717, 1.165) is 48.9 Å². The maximum Gasteiger partial charge on any atom is 0.338 e. The minimum Gasteiger partial charge on any atom is -0.457 e. The summed E-state index contributed by atoms with van der Waals surface area (Å²) in [6, 6.07) is 3.53. The number of likely N-dealkylation sites (tertiary alicyclic amines) is 1. The Bertz CT molecular complexity index is 1290. The van der Waals surface area contributed by atoms with Crippen molar-refractivity contribution in [2.45, 2.75) is 43.9 Å². The number of sulfone groups is 1. The molecule has 11 heteroatoms. The Morgan fingerprint density at radius 1 is 1.17 bits per heavy atom. The summed E-state index contributed by atoms with van der Waals surface area (Å²) in [6.45, 7) is 4.66. The van der Waals surface area contributed by atoms with Crippen LogP contribution in [0, 0.1) is 12.3 Å². The van der Waals surface area contributed by atoms with E-state index < -0.39 is 15.9 Å². The quantitative estimate of drug-likeness (QED) is 0.606. The molecule has 10 nitrogen and oxygen atoms in total. The van der Waals surface area contributed by atoms with Gasteiger partial charge in [0, 0.05) is 31.3 Å². The fourth-order valence-electron chi connectivity index (χ4n) is 5.36. The van der Waals surface area contributed by atoms with Crippen LogP contribution in [0.3, 0.4) is 0 Å². The van der Waals surface area contributed by atoms with Crippen molar-refractivity contribution in [2.75, 3.05) is 37.3 Å². The van der Waals surface area contributed by atoms with Crippen LogP contribution in [0.1, 0.15) is 52.4 Å². The molecular formula is C24H28N4O6S. The fraction of sp³-hybridized carbons (Fsp3) is 0.500. The normalized spacial score (nSPS) is 20.8. The van der Waals surface area contributed by atoms with Crippen LogP contribution < -0.4 is 4.90 Å². The zero-order chi connectivity index (χ0) is 25.0. The predicted molar refractivity (Wildman–Crippen MR) is 125 cm³/mol. The number of carbonyl (C=O) groups excluding carboxylic acids is 2. The number of anilines is 1. The van der Waals surface area contributed by atoms with Crippen LogP contribution >= 0.6 is 0 Å². The first kappa shape index (κ1) is 23.8. The molecule has 2 fully saturated rings. The van der Waals surface area contributed by atoms with Gasteiger partial charge >= 0.3 is 5.97 Å². The number of aromatic nitrogens is 2. The summed E-state index contributed by atoms with van der Waals surface area (Å²) >= 11 is 0. The molecule has 1 amide bonds. The summed E-state index contributed by atoms with van der Waals surface area (Å²) in [5.74, 6) is 0.0139. The number of benzene rings is 1. The molecule has 1 N–H and O–H groups in total. The van der Waals surface area contributed by atoms with E-state index in [-0.39, 0.29) is 28.9 Å². The molecule has 1 aromatic carbocycles. The number of aliphatic hydroxyl groups is 1. The second-order valence-electron chi connectivity index (χ2n) is 9.84. The molecule has 2 aromatic rings. The summed E-state index contributed by atoms with van der Waals surface area (Å²) in [4.78, 5) is 36.5. The summed E-state index contributed by atoms with van der Waals surface area (Å²) < 4.78 is 28.4. The molecule has 0 unspecified atom stereocenters. The van der Waals surface area contributed by atoms with Crippen molar-refractivity contribution < 1.29 is 27.9 Å². The first-order chi connectivity index (χ1) is 16.6. The highest BCUT2D eigenvalue weighted by Gasteiger charge is 2.46. The largest absolute Gasteiger partial charge is 0.457 e. The Kier molecular flexibility index (Phi) is 5.89. The number of ether oxygens (including phenoxy) is 1. The van der Waals surface area contributed by atoms with Gasteiger partial charge in [-0.3, -0.25) is 9.69 Å². The van der Waals surface area contributed by atoms with Crippen LogP contribution in [0.25, 0.3) is 0 Å². The third-order valence-corrected chi connectivity index (χ3v) is 8.48. The van der Waals surface area contributed by atoms with E-state index in [2.05, 4.69) is 14.9 Å². The van der Waals surface area contributed by atoms with E-state index in [0.29, 0.717) is 30.9 Å². The van der Waals surface area contributed by atoms with Gasteiger partial charge in [0.05, 0.1) is 24.1 Å². The SMILES string of the molecule is Cc1c([C@@H](O)CN2CCC3(CC2)CC(=O)N(c2cnc(S(C)(=O)=O)cn2)C3)ccc2c1COC2=O. The number of hydrogen-bond acceptors (Lipinski definition) is 9. The molecule has 1 aromatic heterocycles. The average molecular weight is 501 g/mol. The van der Waals surface area contributed by atoms with Gasteiger partial charge in [-0.15, -0.1) is 0 Å². The first-order valence-electron chi connectivity index (χ1n) is 11.6. The molecule has 1 atom stereocenters. The maximum absolute atomic E-state index is 12.8. The van der Waals surface area contributed by atoms with Crippen LogP contribution in [-0.4, -0.2) is 72.7 Å². The third kappa shape index (κ3) is 4.43. The monoisotopic (exact) mass is 500 g/mol. The minimum absolute atomic E-state index is 0.0366. The zero-order valence-electron chi connectivity index (χ0n) is 19.7. The molecule has 3 aliphatic rings. The number of β-amino-alcohol motifs (C(OH)–C–C–N with tert-alkyl or cyclic N) is 1. The van der Waals surface area contributed by atoms with Crippen LogP contribution in [-0.2, 0) is 26.0 Å². The average Bonchev–Trinajstić information content (AvgIpc) is 3.35. The fourth-order valence-corrected chi connectivity index (χ4v) is 5.85. The first-order valence-corrected chi connectivity index (χ1v) is 13.5. The standard InChI is InChI=1S/C24H28N4O6S/c1-15-16(3-4-17-18(15)13-34-23(17)31)19(29)12-27-7-5-24(6-8-27)9-22(30)28(14-24)20-10-26-21(11-25-20)35(2,32)33/h3-4,10-11,19,29H,5-9,12-14H2,1-2H3/t19-/m0/s1. The van der Waals surface area contributed by atoms with Gasteiger partial charge in [0.25, 0.3) is 0 Å². The Labute approximate surface area is 203 Å². The van der Waals surface area contributed by atoms with Gasteiger partial charge in [-0.25, -0.2) is 23.2 Å². The topological polar surface area (TPSA) is 130 Å². The number of fused-ring (bicyclic) bond motifs is 1. The molecule has 0 bridgehead atoms. The number of hydrogen-bond donors (Lipinski definition) is 1. The number of amides is 1. The lowest BCUT2D eigenvalue weighted by molar-refractivity contribution is -0.118. The zero-order valence-corrected chi connectivity index (χ0v) is 20.5. The Balaban J connectivity index is 1.21. The molecule has 1 spiro atoms. The number of aliphatic hydroxyl groups excluding tert-OH is 1. The van der Waals surface area contributed by atoms with Crippen molar-refractivity contribution in [3.05, 3.63) is 46.8 Å². The van der Waals surface area contributed by atoms with Gasteiger partial charge in [0.1, 0.15) is 6.61 Å². The van der Waals surface area contributed by atoms with Crippen molar-refractivity contribution >= 4 is 27.5 Å². The number of carbonyl (C=O) groups is 2. The molecule has 0 saturated carbocycles. The Morgan fingerprint density at radius 2 is 1.91 bits per heavy atom. The van der Waals surface area contributed by atoms with E-state index >= 15 is 0 Å². The molecule has 4 heterocycles. The number of esters is 1. The van der Waals surface area contributed by atoms with E-state index in [4.69, 9.17) is 4.74 Å². The van der Waals surface area contributed by atoms with Crippen molar-refractivity contribution in [3.8, 4) is 0 Å². The lowest BCUT2D eigenvalue weighted by Crippen LogP contribution is -2.43. The third-order valence-electron chi connectivity index (χ3n) is 7.51. The van der Waals surface area contributed by atoms with Gasteiger partial charge in [0.15, 0.2) is 20.7 Å². The predicted octanol–water partition coefficient (Wildman–Crippen LogP) is 1.41. The number of rotatable bonds is 5. The molecule has 0 radical (unpaired) electrons. The molecule has 5 rings (SSSR count). The second kappa shape index (κ2) is 8.65. The smallest absolute Gasteiger partial charge is 0.338 e. The van der Waals surface area contributed by atoms with E-state index in [9.17, 15) is 23.1 Å². The number of nitrogens with zero attached hydrogens (tertiary/aromatic N) is 4. The molecule has 2 saturated heterocycles. The van der Waals surface area contributed by atoms with Crippen molar-refractivity contribution in [1.29, 1.82) is 0 Å². The number of cyclic esters (lactones) is 1. The second-order valence-corrected chi connectivity index (χ2v) is 11.8. The minimum atomic E-state index is -3.45. The van der Waals surface area contributed by atoms with Crippen LogP contribution in [0.4, 0.5) is 5.82 Å². The summed E-state index contributed by atoms with van der Waals surface area (Å²) in [5, 5.41) is 10.8. The Hall–Kier alpha value is -2.89. The van der Waals surface area contributed by atoms with Crippen LogP contribution in [0.15, 0.2) is 29.6 Å². The van der Waals surface area contributed by atoms with Crippen LogP contribution in [0.5, 0.6) is 0 Å². The van der Waals surface area contributed by atoms with Crippen molar-refractivity contribution in [3.63, 3.8) is 0 Å². The molecule has 186 valence electrons. The lowest BCUT2D eigenvalue weighted by atomic mass is 9.77. The highest BCUT2D eigenvalue weighted by molar-refractivity contribution is 7.90. The molecule has 3 aliphatic heterocycles. The van der Waals surface area contributed by atoms with Gasteiger partial charge < -0.3 is 14.7 Å². The Morgan fingerprint density at radius 3 is 2.57 bits per heavy atom. The van der Waals surface area contributed by atoms with E-state index in [1.54, 1.807) is 17.0 Å².